The van der Waals surface area contributed by atoms with Crippen molar-refractivity contribution in [1.82, 2.24) is 0 Å². The van der Waals surface area contributed by atoms with Gasteiger partial charge in [0, 0.05) is 48.5 Å². The molecule has 3 aliphatic rings. The average Bonchev–Trinajstić information content (AvgIpc) is 3.85. The molecule has 11 rings (SSSR count). The first-order valence-electron chi connectivity index (χ1n) is 20.0. The van der Waals surface area contributed by atoms with Gasteiger partial charge in [-0.25, -0.2) is 0 Å². The monoisotopic (exact) mass is 788 g/mol. The number of benzene rings is 6. The van der Waals surface area contributed by atoms with Gasteiger partial charge in [0.1, 0.15) is 0 Å². The number of anilines is 4. The Balaban J connectivity index is 1.24. The van der Waals surface area contributed by atoms with Gasteiger partial charge in [0.15, 0.2) is 0 Å². The van der Waals surface area contributed by atoms with Gasteiger partial charge in [-0.3, -0.25) is 0 Å². The van der Waals surface area contributed by atoms with Crippen LogP contribution in [0.25, 0.3) is 51.5 Å². The maximum absolute atomic E-state index is 4.08. The lowest BCUT2D eigenvalue weighted by molar-refractivity contribution is 1.28. The lowest BCUT2D eigenvalue weighted by Gasteiger charge is -2.40. The zero-order chi connectivity index (χ0) is 39.3. The first kappa shape index (κ1) is 35.3. The van der Waals surface area contributed by atoms with Crippen molar-refractivity contribution in [3.05, 3.63) is 224 Å². The molecular formula is C54H37BN2S2. The molecule has 2 nitrogen and oxygen atoms in total. The number of rotatable bonds is 5. The third-order valence-electron chi connectivity index (χ3n) is 11.5. The molecule has 2 aromatic heterocycles. The summed E-state index contributed by atoms with van der Waals surface area (Å²) in [4.78, 5) is 2.50. The number of hydrogen-bond donors (Lipinski definition) is 1. The molecule has 5 heteroatoms. The van der Waals surface area contributed by atoms with E-state index < -0.39 is 0 Å². The second-order valence-corrected chi connectivity index (χ2v) is 17.0. The summed E-state index contributed by atoms with van der Waals surface area (Å²) in [7, 11) is 0. The molecule has 0 amide bonds. The third-order valence-corrected chi connectivity index (χ3v) is 13.9. The molecule has 0 saturated carbocycles. The van der Waals surface area contributed by atoms with Crippen LogP contribution in [0.1, 0.15) is 0 Å². The van der Waals surface area contributed by atoms with E-state index in [2.05, 4.69) is 193 Å². The number of allylic oxidation sites excluding steroid dienone is 16. The van der Waals surface area contributed by atoms with Crippen molar-refractivity contribution in [3.8, 4) is 11.1 Å². The minimum Gasteiger partial charge on any atom is -0.355 e. The molecule has 59 heavy (non-hydrogen) atoms. The Morgan fingerprint density at radius 1 is 0.610 bits per heavy atom. The van der Waals surface area contributed by atoms with Gasteiger partial charge < -0.3 is 10.2 Å². The summed E-state index contributed by atoms with van der Waals surface area (Å²) in [6, 6.07) is 42.7. The summed E-state index contributed by atoms with van der Waals surface area (Å²) in [5, 5.41) is 9.25. The van der Waals surface area contributed by atoms with E-state index in [0.717, 1.165) is 16.8 Å². The molecule has 0 bridgehead atoms. The van der Waals surface area contributed by atoms with Crippen molar-refractivity contribution in [2.24, 2.45) is 0 Å². The molecule has 0 spiro atoms. The van der Waals surface area contributed by atoms with Gasteiger partial charge in [-0.1, -0.05) is 183 Å². The maximum Gasteiger partial charge on any atom is 0.252 e. The Morgan fingerprint density at radius 3 is 2.00 bits per heavy atom. The summed E-state index contributed by atoms with van der Waals surface area (Å²) in [6.07, 6.45) is 31.4. The molecule has 2 aliphatic heterocycles. The molecule has 4 heterocycles. The second-order valence-electron chi connectivity index (χ2n) is 14.9. The topological polar surface area (TPSA) is 15.3 Å². The van der Waals surface area contributed by atoms with E-state index in [4.69, 9.17) is 0 Å². The minimum atomic E-state index is 0.0190. The highest BCUT2D eigenvalue weighted by molar-refractivity contribution is 7.27. The maximum atomic E-state index is 4.08. The number of thiophene rings is 2. The summed E-state index contributed by atoms with van der Waals surface area (Å²) in [5.74, 6) is 0. The first-order chi connectivity index (χ1) is 29.2. The SMILES string of the molecule is C=C\C=C/C(=C/N1c2cc(-c3ccccc3)cc3c2B(c2ccc4c(sc5ccccc54)c2N3)c2ccc3c(sc4ccccc43)c21)/C1=C\C=C/C=C\C=C/C=C/C=C1. The molecule has 0 atom stereocenters. The van der Waals surface area contributed by atoms with Gasteiger partial charge in [0.2, 0.25) is 0 Å². The van der Waals surface area contributed by atoms with Crippen molar-refractivity contribution in [3.63, 3.8) is 0 Å². The van der Waals surface area contributed by atoms with Crippen molar-refractivity contribution < 1.29 is 0 Å². The average molecular weight is 789 g/mol. The lowest BCUT2D eigenvalue weighted by atomic mass is 9.33. The van der Waals surface area contributed by atoms with E-state index in [0.29, 0.717) is 0 Å². The number of nitrogens with zero attached hydrogens (tertiary/aromatic N) is 1. The summed E-state index contributed by atoms with van der Waals surface area (Å²) >= 11 is 3.78. The van der Waals surface area contributed by atoms with Gasteiger partial charge >= 0.3 is 0 Å². The van der Waals surface area contributed by atoms with Gasteiger partial charge in [-0.2, -0.15) is 0 Å². The molecule has 6 aromatic carbocycles. The van der Waals surface area contributed by atoms with Crippen LogP contribution in [0.5, 0.6) is 0 Å². The molecule has 0 radical (unpaired) electrons. The van der Waals surface area contributed by atoms with Gasteiger partial charge in [0.05, 0.1) is 20.8 Å². The Hall–Kier alpha value is -6.92. The van der Waals surface area contributed by atoms with E-state index in [1.807, 2.05) is 53.1 Å². The van der Waals surface area contributed by atoms with Crippen LogP contribution in [-0.2, 0) is 0 Å². The number of fused-ring (bicyclic) bond motifs is 12. The molecule has 0 saturated heterocycles. The van der Waals surface area contributed by atoms with Crippen LogP contribution in [0.2, 0.25) is 0 Å². The highest BCUT2D eigenvalue weighted by atomic mass is 32.1. The Labute approximate surface area is 352 Å². The van der Waals surface area contributed by atoms with E-state index >= 15 is 0 Å². The molecule has 0 fully saturated rings. The summed E-state index contributed by atoms with van der Waals surface area (Å²) < 4.78 is 5.19. The summed E-state index contributed by atoms with van der Waals surface area (Å²) in [5.41, 5.74) is 13.2. The van der Waals surface area contributed by atoms with E-state index in [1.165, 1.54) is 84.9 Å². The van der Waals surface area contributed by atoms with E-state index in [-0.39, 0.29) is 6.71 Å². The largest absolute Gasteiger partial charge is 0.355 e. The first-order valence-corrected chi connectivity index (χ1v) is 21.6. The van der Waals surface area contributed by atoms with Crippen LogP contribution in [0, 0.1) is 0 Å². The highest BCUT2D eigenvalue weighted by Gasteiger charge is 2.42. The number of hydrogen-bond acceptors (Lipinski definition) is 4. The van der Waals surface area contributed by atoms with Crippen molar-refractivity contribution in [2.45, 2.75) is 0 Å². The molecule has 278 valence electrons. The number of nitrogens with one attached hydrogen (secondary N) is 1. The Bertz CT molecular complexity index is 3270. The fraction of sp³-hybridized carbons (Fsp3) is 0. The van der Waals surface area contributed by atoms with Gasteiger partial charge in [0.25, 0.3) is 6.71 Å². The fourth-order valence-corrected chi connectivity index (χ4v) is 11.4. The van der Waals surface area contributed by atoms with Crippen LogP contribution < -0.4 is 26.6 Å². The van der Waals surface area contributed by atoms with Crippen LogP contribution in [-0.4, -0.2) is 6.71 Å². The molecule has 8 aromatic rings. The molecule has 0 unspecified atom stereocenters. The van der Waals surface area contributed by atoms with E-state index in [9.17, 15) is 0 Å². The Morgan fingerprint density at radius 2 is 1.25 bits per heavy atom. The molecular weight excluding hydrogens is 752 g/mol. The molecule has 1 N–H and O–H groups in total. The van der Waals surface area contributed by atoms with Crippen LogP contribution in [0.3, 0.4) is 0 Å². The fourth-order valence-electron chi connectivity index (χ4n) is 8.89. The normalized spacial score (nSPS) is 17.8. The lowest BCUT2D eigenvalue weighted by Crippen LogP contribution is -2.60. The van der Waals surface area contributed by atoms with Crippen molar-refractivity contribution >= 4 is 109 Å². The standard InChI is InChI=1S/C54H37BN2S2/c1-2-3-20-38(36-21-12-9-7-5-4-6-8-10-13-22-36)35-57-47-34-39(37-23-14-11-15-24-37)33-46-50(47)55(45-32-30-43-41-26-17-19-28-49(41)59-54(43)52(45)57)44-31-29-42-40-25-16-18-27-48(40)58-53(42)51(44)56-46/h2-35,56H,1H2/b5-4-,6-4?,7-5?,8-6-,9-7+,10-8?,12-9?,13-10-,20-3-,21-12?,22-13?,36-21?,36-22-,38-35-. The van der Waals surface area contributed by atoms with Gasteiger partial charge in [-0.15, -0.1) is 22.7 Å². The predicted octanol–water partition coefficient (Wildman–Crippen LogP) is 13.5. The van der Waals surface area contributed by atoms with Crippen LogP contribution >= 0.6 is 22.7 Å². The van der Waals surface area contributed by atoms with Crippen molar-refractivity contribution in [2.75, 3.05) is 10.2 Å². The third kappa shape index (κ3) is 6.01. The second kappa shape index (κ2) is 14.8. The zero-order valence-electron chi connectivity index (χ0n) is 32.2. The smallest absolute Gasteiger partial charge is 0.252 e. The summed E-state index contributed by atoms with van der Waals surface area (Å²) in [6.45, 7) is 4.09. The van der Waals surface area contributed by atoms with Crippen molar-refractivity contribution in [1.29, 1.82) is 0 Å². The minimum absolute atomic E-state index is 0.0190. The quantitative estimate of drug-likeness (QED) is 0.138. The van der Waals surface area contributed by atoms with Crippen LogP contribution in [0.15, 0.2) is 224 Å². The highest BCUT2D eigenvalue weighted by Crippen LogP contribution is 2.47. The van der Waals surface area contributed by atoms with Gasteiger partial charge in [-0.05, 0) is 62.9 Å². The molecule has 1 aliphatic carbocycles. The van der Waals surface area contributed by atoms with Crippen LogP contribution in [0.4, 0.5) is 22.7 Å². The Kier molecular flexibility index (Phi) is 8.84. The zero-order valence-corrected chi connectivity index (χ0v) is 33.8. The predicted molar refractivity (Wildman–Crippen MR) is 262 cm³/mol. The van der Waals surface area contributed by atoms with E-state index in [1.54, 1.807) is 0 Å².